The number of hydrogen-bond acceptors (Lipinski definition) is 4. The van der Waals surface area contributed by atoms with Gasteiger partial charge in [-0.2, -0.15) is 0 Å². The third-order valence-corrected chi connectivity index (χ3v) is 3.83. The standard InChI is InChI=1S/C16H25N3O2/c1-12(2)15(18(3)8-10-20)16-17-13-6-4-5-7-14(13)19(16)9-11-21/h4-7,12,15,20-21H,8-11H2,1-3H3. The largest absolute Gasteiger partial charge is 0.395 e. The molecule has 0 aliphatic heterocycles. The van der Waals surface area contributed by atoms with Gasteiger partial charge >= 0.3 is 0 Å². The second kappa shape index (κ2) is 7.02. The highest BCUT2D eigenvalue weighted by Crippen LogP contribution is 2.29. The van der Waals surface area contributed by atoms with E-state index in [0.29, 0.717) is 19.0 Å². The van der Waals surface area contributed by atoms with Crippen molar-refractivity contribution in [3.05, 3.63) is 30.1 Å². The van der Waals surface area contributed by atoms with E-state index in [1.54, 1.807) is 0 Å². The van der Waals surface area contributed by atoms with Crippen molar-refractivity contribution in [3.8, 4) is 0 Å². The third kappa shape index (κ3) is 3.26. The first-order chi connectivity index (χ1) is 10.1. The average Bonchev–Trinajstić information content (AvgIpc) is 2.78. The monoisotopic (exact) mass is 291 g/mol. The number of fused-ring (bicyclic) bond motifs is 1. The van der Waals surface area contributed by atoms with Crippen molar-refractivity contribution < 1.29 is 10.2 Å². The third-order valence-electron chi connectivity index (χ3n) is 3.83. The van der Waals surface area contributed by atoms with Crippen LogP contribution in [0.3, 0.4) is 0 Å². The van der Waals surface area contributed by atoms with E-state index in [-0.39, 0.29) is 19.3 Å². The Bertz CT molecular complexity index is 580. The maximum absolute atomic E-state index is 9.38. The second-order valence-corrected chi connectivity index (χ2v) is 5.73. The van der Waals surface area contributed by atoms with E-state index in [0.717, 1.165) is 16.9 Å². The van der Waals surface area contributed by atoms with Crippen molar-refractivity contribution in [2.75, 3.05) is 26.8 Å². The lowest BCUT2D eigenvalue weighted by Crippen LogP contribution is -2.33. The van der Waals surface area contributed by atoms with E-state index in [1.165, 1.54) is 0 Å². The van der Waals surface area contributed by atoms with Crippen LogP contribution in [0.5, 0.6) is 0 Å². The van der Waals surface area contributed by atoms with E-state index in [4.69, 9.17) is 4.98 Å². The summed E-state index contributed by atoms with van der Waals surface area (Å²) in [5.41, 5.74) is 1.99. The fraction of sp³-hybridized carbons (Fsp3) is 0.562. The molecule has 1 unspecified atom stereocenters. The molecule has 0 fully saturated rings. The van der Waals surface area contributed by atoms with E-state index in [2.05, 4.69) is 23.3 Å². The van der Waals surface area contributed by atoms with Crippen molar-refractivity contribution in [2.45, 2.75) is 26.4 Å². The van der Waals surface area contributed by atoms with Crippen molar-refractivity contribution in [2.24, 2.45) is 5.92 Å². The van der Waals surface area contributed by atoms with E-state index < -0.39 is 0 Å². The topological polar surface area (TPSA) is 61.5 Å². The van der Waals surface area contributed by atoms with Crippen LogP contribution in [0.1, 0.15) is 25.7 Å². The molecule has 5 heteroatoms. The molecule has 0 aliphatic rings. The van der Waals surface area contributed by atoms with Crippen molar-refractivity contribution >= 4 is 11.0 Å². The van der Waals surface area contributed by atoms with Gasteiger partial charge in [0.05, 0.1) is 30.3 Å². The first-order valence-electron chi connectivity index (χ1n) is 7.47. The highest BCUT2D eigenvalue weighted by atomic mass is 16.3. The zero-order chi connectivity index (χ0) is 15.4. The summed E-state index contributed by atoms with van der Waals surface area (Å²) in [4.78, 5) is 6.91. The number of aliphatic hydroxyl groups is 2. The van der Waals surface area contributed by atoms with Gasteiger partial charge < -0.3 is 14.8 Å². The summed E-state index contributed by atoms with van der Waals surface area (Å²) in [5, 5.41) is 18.6. The van der Waals surface area contributed by atoms with Gasteiger partial charge in [-0.15, -0.1) is 0 Å². The highest BCUT2D eigenvalue weighted by Gasteiger charge is 2.26. The van der Waals surface area contributed by atoms with Gasteiger partial charge in [0.2, 0.25) is 0 Å². The molecular formula is C16H25N3O2. The Kier molecular flexibility index (Phi) is 5.33. The zero-order valence-electron chi connectivity index (χ0n) is 13.0. The molecule has 1 aromatic heterocycles. The molecule has 0 saturated carbocycles. The Balaban J connectivity index is 2.53. The quantitative estimate of drug-likeness (QED) is 0.814. The van der Waals surface area contributed by atoms with E-state index in [9.17, 15) is 10.2 Å². The SMILES string of the molecule is CC(C)C(c1nc2ccccc2n1CCO)N(C)CCO. The predicted octanol–water partition coefficient (Wildman–Crippen LogP) is 1.65. The normalized spacial score (nSPS) is 13.5. The summed E-state index contributed by atoms with van der Waals surface area (Å²) >= 11 is 0. The molecule has 1 aromatic carbocycles. The number of aliphatic hydroxyl groups excluding tert-OH is 2. The Morgan fingerprint density at radius 3 is 2.52 bits per heavy atom. The number of likely N-dealkylation sites (N-methyl/N-ethyl adjacent to an activating group) is 1. The van der Waals surface area contributed by atoms with E-state index in [1.807, 2.05) is 31.3 Å². The summed E-state index contributed by atoms with van der Waals surface area (Å²) in [7, 11) is 2.00. The van der Waals surface area contributed by atoms with Crippen LogP contribution in [-0.4, -0.2) is 51.5 Å². The molecule has 2 aromatic rings. The smallest absolute Gasteiger partial charge is 0.127 e. The summed E-state index contributed by atoms with van der Waals surface area (Å²) in [6.07, 6.45) is 0. The fourth-order valence-electron chi connectivity index (χ4n) is 2.96. The number of rotatable bonds is 7. The number of hydrogen-bond donors (Lipinski definition) is 2. The number of aromatic nitrogens is 2. The molecule has 0 spiro atoms. The number of benzene rings is 1. The van der Waals surface area contributed by atoms with Crippen LogP contribution < -0.4 is 0 Å². The molecule has 0 saturated heterocycles. The van der Waals surface area contributed by atoms with Crippen molar-refractivity contribution in [1.82, 2.24) is 14.5 Å². The molecule has 2 rings (SSSR count). The van der Waals surface area contributed by atoms with Gasteiger partial charge in [0.1, 0.15) is 5.82 Å². The first-order valence-corrected chi connectivity index (χ1v) is 7.47. The van der Waals surface area contributed by atoms with Crippen molar-refractivity contribution in [1.29, 1.82) is 0 Å². The van der Waals surface area contributed by atoms with Crippen LogP contribution in [0.4, 0.5) is 0 Å². The van der Waals surface area contributed by atoms with Crippen LogP contribution >= 0.6 is 0 Å². The maximum Gasteiger partial charge on any atom is 0.127 e. The molecule has 2 N–H and O–H groups in total. The van der Waals surface area contributed by atoms with Gasteiger partial charge in [0, 0.05) is 13.1 Å². The van der Waals surface area contributed by atoms with Crippen molar-refractivity contribution in [3.63, 3.8) is 0 Å². The highest BCUT2D eigenvalue weighted by molar-refractivity contribution is 5.76. The van der Waals surface area contributed by atoms with Gasteiger partial charge in [-0.25, -0.2) is 4.98 Å². The minimum atomic E-state index is 0.0852. The molecule has 1 atom stereocenters. The molecule has 0 radical (unpaired) electrons. The number of imidazole rings is 1. The number of nitrogens with zero attached hydrogens (tertiary/aromatic N) is 3. The van der Waals surface area contributed by atoms with E-state index >= 15 is 0 Å². The summed E-state index contributed by atoms with van der Waals surface area (Å²) in [5.74, 6) is 1.31. The van der Waals surface area contributed by atoms with Crippen LogP contribution in [0, 0.1) is 5.92 Å². The zero-order valence-corrected chi connectivity index (χ0v) is 13.0. The van der Waals surface area contributed by atoms with Gasteiger partial charge in [0.15, 0.2) is 0 Å². The second-order valence-electron chi connectivity index (χ2n) is 5.73. The Morgan fingerprint density at radius 2 is 1.90 bits per heavy atom. The number of para-hydroxylation sites is 2. The van der Waals surface area contributed by atoms with Crippen LogP contribution in [-0.2, 0) is 6.54 Å². The Morgan fingerprint density at radius 1 is 1.19 bits per heavy atom. The van der Waals surface area contributed by atoms with Gasteiger partial charge in [-0.3, -0.25) is 4.90 Å². The van der Waals surface area contributed by atoms with Gasteiger partial charge in [-0.1, -0.05) is 26.0 Å². The van der Waals surface area contributed by atoms with Gasteiger partial charge in [0.25, 0.3) is 0 Å². The lowest BCUT2D eigenvalue weighted by Gasteiger charge is -2.30. The molecule has 21 heavy (non-hydrogen) atoms. The molecule has 5 nitrogen and oxygen atoms in total. The van der Waals surface area contributed by atoms with Crippen LogP contribution in [0.25, 0.3) is 11.0 Å². The average molecular weight is 291 g/mol. The lowest BCUT2D eigenvalue weighted by molar-refractivity contribution is 0.141. The molecule has 116 valence electrons. The van der Waals surface area contributed by atoms with Gasteiger partial charge in [-0.05, 0) is 25.1 Å². The van der Waals surface area contributed by atoms with Crippen LogP contribution in [0.15, 0.2) is 24.3 Å². The molecular weight excluding hydrogens is 266 g/mol. The summed E-state index contributed by atoms with van der Waals surface area (Å²) in [6.45, 7) is 5.65. The molecule has 0 aliphatic carbocycles. The molecule has 1 heterocycles. The fourth-order valence-corrected chi connectivity index (χ4v) is 2.96. The maximum atomic E-state index is 9.38. The summed E-state index contributed by atoms with van der Waals surface area (Å²) < 4.78 is 2.09. The molecule has 0 amide bonds. The summed E-state index contributed by atoms with van der Waals surface area (Å²) in [6, 6.07) is 8.10. The van der Waals surface area contributed by atoms with Crippen LogP contribution in [0.2, 0.25) is 0 Å². The minimum Gasteiger partial charge on any atom is -0.395 e. The molecule has 0 bridgehead atoms. The first kappa shape index (κ1) is 15.9. The lowest BCUT2D eigenvalue weighted by atomic mass is 10.0. The minimum absolute atomic E-state index is 0.0852. The Hall–Kier alpha value is -1.43. The predicted molar refractivity (Wildman–Crippen MR) is 84.1 cm³/mol. The Labute approximate surface area is 125 Å².